The number of fused-ring (bicyclic) bond motifs is 1. The van der Waals surface area contributed by atoms with Crippen LogP contribution >= 0.6 is 11.6 Å². The summed E-state index contributed by atoms with van der Waals surface area (Å²) in [6, 6.07) is 23.8. The normalized spacial score (nSPS) is 16.8. The van der Waals surface area contributed by atoms with E-state index in [2.05, 4.69) is 20.9 Å². The topological polar surface area (TPSA) is 56.2 Å². The summed E-state index contributed by atoms with van der Waals surface area (Å²) >= 11 is 6.13. The maximum Gasteiger partial charge on any atom is 0.250 e. The summed E-state index contributed by atoms with van der Waals surface area (Å²) in [5.41, 5.74) is 4.83. The minimum Gasteiger partial charge on any atom is -0.359 e. The fourth-order valence-corrected chi connectivity index (χ4v) is 4.15. The van der Waals surface area contributed by atoms with Crippen molar-refractivity contribution in [3.8, 4) is 0 Å². The van der Waals surface area contributed by atoms with Crippen molar-refractivity contribution in [3.05, 3.63) is 119 Å². The van der Waals surface area contributed by atoms with E-state index in [0.29, 0.717) is 5.02 Å². The molecule has 1 aromatic heterocycles. The molecule has 1 N–H and O–H groups in total. The molecule has 6 heteroatoms. The van der Waals surface area contributed by atoms with Crippen molar-refractivity contribution in [2.45, 2.75) is 12.1 Å². The van der Waals surface area contributed by atoms with Crippen LogP contribution in [-0.2, 0) is 9.53 Å². The average molecular weight is 430 g/mol. The lowest BCUT2D eigenvalue weighted by atomic mass is 9.92. The number of nitrogens with zero attached hydrogens (tertiary/aromatic N) is 2. The first kappa shape index (κ1) is 19.5. The van der Waals surface area contributed by atoms with Gasteiger partial charge in [0.15, 0.2) is 0 Å². The molecule has 0 spiro atoms. The van der Waals surface area contributed by atoms with Crippen LogP contribution in [0.4, 0.5) is 5.69 Å². The van der Waals surface area contributed by atoms with Crippen molar-refractivity contribution in [3.63, 3.8) is 0 Å². The molecular weight excluding hydrogens is 410 g/mol. The summed E-state index contributed by atoms with van der Waals surface area (Å²) in [4.78, 5) is 16.5. The molecule has 0 fully saturated rings. The third kappa shape index (κ3) is 3.98. The molecule has 0 radical (unpaired) electrons. The number of hydrogen-bond donors (Lipinski definition) is 1. The molecule has 31 heavy (non-hydrogen) atoms. The Hall–Kier alpha value is -3.41. The van der Waals surface area contributed by atoms with Gasteiger partial charge in [-0.2, -0.15) is 0 Å². The smallest absolute Gasteiger partial charge is 0.250 e. The predicted octanol–water partition coefficient (Wildman–Crippen LogP) is 5.23. The molecule has 154 valence electrons. The van der Waals surface area contributed by atoms with Crippen molar-refractivity contribution < 1.29 is 9.53 Å². The number of benzene rings is 3. The van der Waals surface area contributed by atoms with Gasteiger partial charge in [-0.05, 0) is 41.0 Å². The van der Waals surface area contributed by atoms with Crippen molar-refractivity contribution in [1.29, 1.82) is 0 Å². The SMILES string of the molecule is O=C1COC(c2ccccc2)c2cc(C(c3ccc(Cl)cc3)n3ccnc3)ccc2N1. The summed E-state index contributed by atoms with van der Waals surface area (Å²) in [5.74, 6) is -0.156. The Bertz CT molecular complexity index is 1190. The van der Waals surface area contributed by atoms with Crippen molar-refractivity contribution in [2.75, 3.05) is 11.9 Å². The molecule has 0 aliphatic carbocycles. The number of anilines is 1. The van der Waals surface area contributed by atoms with Gasteiger partial charge in [0.25, 0.3) is 0 Å². The zero-order valence-corrected chi connectivity index (χ0v) is 17.4. The molecule has 2 heterocycles. The van der Waals surface area contributed by atoms with Crippen LogP contribution in [0.2, 0.25) is 5.02 Å². The number of imidazole rings is 1. The van der Waals surface area contributed by atoms with Crippen LogP contribution in [0.1, 0.15) is 34.4 Å². The van der Waals surface area contributed by atoms with E-state index in [4.69, 9.17) is 16.3 Å². The van der Waals surface area contributed by atoms with Crippen LogP contribution < -0.4 is 5.32 Å². The largest absolute Gasteiger partial charge is 0.359 e. The fourth-order valence-electron chi connectivity index (χ4n) is 4.02. The molecule has 1 aliphatic rings. The summed E-state index contributed by atoms with van der Waals surface area (Å²) < 4.78 is 8.08. The molecular formula is C25H20ClN3O2. The van der Waals surface area contributed by atoms with E-state index in [0.717, 1.165) is 27.9 Å². The second-order valence-corrected chi connectivity index (χ2v) is 7.90. The maximum atomic E-state index is 12.2. The first-order valence-electron chi connectivity index (χ1n) is 10.0. The second-order valence-electron chi connectivity index (χ2n) is 7.46. The van der Waals surface area contributed by atoms with Crippen LogP contribution in [-0.4, -0.2) is 22.1 Å². The predicted molar refractivity (Wildman–Crippen MR) is 120 cm³/mol. The third-order valence-corrected chi connectivity index (χ3v) is 5.69. The Morgan fingerprint density at radius 1 is 1.03 bits per heavy atom. The fraction of sp³-hybridized carbons (Fsp3) is 0.120. The van der Waals surface area contributed by atoms with Gasteiger partial charge >= 0.3 is 0 Å². The minimum absolute atomic E-state index is 0.00566. The number of rotatable bonds is 4. The molecule has 0 saturated carbocycles. The van der Waals surface area contributed by atoms with Gasteiger partial charge in [0.2, 0.25) is 5.91 Å². The number of aromatic nitrogens is 2. The van der Waals surface area contributed by atoms with E-state index in [1.165, 1.54) is 0 Å². The van der Waals surface area contributed by atoms with E-state index >= 15 is 0 Å². The molecule has 5 rings (SSSR count). The maximum absolute atomic E-state index is 12.2. The number of carbonyl (C=O) groups excluding carboxylic acids is 1. The summed E-state index contributed by atoms with van der Waals surface area (Å²) in [6.07, 6.45) is 5.17. The van der Waals surface area contributed by atoms with Gasteiger partial charge in [-0.15, -0.1) is 0 Å². The summed E-state index contributed by atoms with van der Waals surface area (Å²) in [6.45, 7) is 0.00566. The summed E-state index contributed by atoms with van der Waals surface area (Å²) in [7, 11) is 0. The van der Waals surface area contributed by atoms with Crippen LogP contribution in [0.3, 0.4) is 0 Å². The van der Waals surface area contributed by atoms with Gasteiger partial charge in [-0.3, -0.25) is 4.79 Å². The van der Waals surface area contributed by atoms with Gasteiger partial charge in [0.1, 0.15) is 12.7 Å². The first-order valence-corrected chi connectivity index (χ1v) is 10.4. The van der Waals surface area contributed by atoms with E-state index in [1.807, 2.05) is 72.9 Å². The number of carbonyl (C=O) groups is 1. The highest BCUT2D eigenvalue weighted by Crippen LogP contribution is 2.37. The molecule has 1 aliphatic heterocycles. The van der Waals surface area contributed by atoms with Crippen LogP contribution in [0.25, 0.3) is 0 Å². The molecule has 0 bridgehead atoms. The molecule has 2 atom stereocenters. The Morgan fingerprint density at radius 2 is 1.81 bits per heavy atom. The Balaban J connectivity index is 1.65. The molecule has 5 nitrogen and oxygen atoms in total. The zero-order valence-electron chi connectivity index (χ0n) is 16.6. The Kier molecular flexibility index (Phi) is 5.28. The summed E-state index contributed by atoms with van der Waals surface area (Å²) in [5, 5.41) is 3.66. The highest BCUT2D eigenvalue weighted by Gasteiger charge is 2.26. The Morgan fingerprint density at radius 3 is 2.55 bits per heavy atom. The highest BCUT2D eigenvalue weighted by atomic mass is 35.5. The number of ether oxygens (including phenoxy) is 1. The van der Waals surface area contributed by atoms with E-state index in [-0.39, 0.29) is 24.7 Å². The number of amides is 1. The van der Waals surface area contributed by atoms with Crippen LogP contribution in [0, 0.1) is 0 Å². The lowest BCUT2D eigenvalue weighted by molar-refractivity contribution is -0.121. The lowest BCUT2D eigenvalue weighted by Gasteiger charge is -2.23. The van der Waals surface area contributed by atoms with Gasteiger partial charge in [-0.25, -0.2) is 4.98 Å². The lowest BCUT2D eigenvalue weighted by Crippen LogP contribution is -2.15. The van der Waals surface area contributed by atoms with Crippen molar-refractivity contribution in [2.24, 2.45) is 0 Å². The second kappa shape index (κ2) is 8.38. The highest BCUT2D eigenvalue weighted by molar-refractivity contribution is 6.30. The standard InChI is InChI=1S/C25H20ClN3O2/c26-20-9-6-17(7-10-20)24(29-13-12-27-16-29)19-8-11-22-21(14-19)25(31-15-23(30)28-22)18-4-2-1-3-5-18/h1-14,16,24-25H,15H2,(H,28,30). The molecule has 2 unspecified atom stereocenters. The number of halogens is 1. The quantitative estimate of drug-likeness (QED) is 0.483. The molecule has 0 saturated heterocycles. The van der Waals surface area contributed by atoms with Crippen molar-refractivity contribution >= 4 is 23.2 Å². The van der Waals surface area contributed by atoms with Crippen LogP contribution in [0.5, 0.6) is 0 Å². The Labute approximate surface area is 185 Å². The monoisotopic (exact) mass is 429 g/mol. The minimum atomic E-state index is -0.344. The molecule has 4 aromatic rings. The van der Waals surface area contributed by atoms with Crippen LogP contribution in [0.15, 0.2) is 91.5 Å². The number of hydrogen-bond acceptors (Lipinski definition) is 3. The van der Waals surface area contributed by atoms with Gasteiger partial charge in [0, 0.05) is 28.7 Å². The van der Waals surface area contributed by atoms with Crippen molar-refractivity contribution in [1.82, 2.24) is 9.55 Å². The van der Waals surface area contributed by atoms with E-state index in [9.17, 15) is 4.79 Å². The molecule has 1 amide bonds. The first-order chi connectivity index (χ1) is 15.2. The van der Waals surface area contributed by atoms with Gasteiger partial charge < -0.3 is 14.6 Å². The zero-order chi connectivity index (χ0) is 21.2. The van der Waals surface area contributed by atoms with Gasteiger partial charge in [0.05, 0.1) is 12.4 Å². The van der Waals surface area contributed by atoms with E-state index < -0.39 is 0 Å². The molecule has 3 aromatic carbocycles. The van der Waals surface area contributed by atoms with Gasteiger partial charge in [-0.1, -0.05) is 60.1 Å². The number of nitrogens with one attached hydrogen (secondary N) is 1. The van der Waals surface area contributed by atoms with E-state index in [1.54, 1.807) is 12.5 Å². The average Bonchev–Trinajstić information content (AvgIpc) is 3.26. The third-order valence-electron chi connectivity index (χ3n) is 5.44.